The molecule has 0 radical (unpaired) electrons. The van der Waals surface area contributed by atoms with Gasteiger partial charge in [0.25, 0.3) is 0 Å². The maximum Gasteiger partial charge on any atom is 0.422 e. The summed E-state index contributed by atoms with van der Waals surface area (Å²) in [6.45, 7) is 2.25. The lowest BCUT2D eigenvalue weighted by molar-refractivity contribution is -0.142. The van der Waals surface area contributed by atoms with E-state index in [1.54, 1.807) is 0 Å². The van der Waals surface area contributed by atoms with E-state index in [1.807, 2.05) is 0 Å². The molecule has 0 aromatic heterocycles. The van der Waals surface area contributed by atoms with Crippen LogP contribution in [0.1, 0.15) is 107 Å². The van der Waals surface area contributed by atoms with Crippen LogP contribution in [-0.4, -0.2) is 0 Å². The number of benzene rings is 1. The normalized spacial score (nSPS) is 27.2. The van der Waals surface area contributed by atoms with Crippen LogP contribution in [0, 0.1) is 29.4 Å². The smallest absolute Gasteiger partial charge is 0.206 e. The second-order valence-electron chi connectivity index (χ2n) is 9.98. The Balaban J connectivity index is 1.43. The van der Waals surface area contributed by atoms with Gasteiger partial charge in [-0.15, -0.1) is 0 Å². The molecule has 0 heterocycles. The fourth-order valence-corrected chi connectivity index (χ4v) is 5.59. The molecule has 0 aliphatic heterocycles. The van der Waals surface area contributed by atoms with E-state index in [1.165, 1.54) is 57.8 Å². The first kappa shape index (κ1) is 25.2. The van der Waals surface area contributed by atoms with Crippen LogP contribution in [0.4, 0.5) is 22.0 Å². The molecule has 1 aromatic carbocycles. The molecule has 2 aliphatic rings. The minimum absolute atomic E-state index is 0.0749. The highest BCUT2D eigenvalue weighted by Gasteiger charge is 2.38. The zero-order chi connectivity index (χ0) is 23.1. The SMILES string of the molecule is CCCCCCC1CCC(C=CC2CCC(c3cc(F)c(C(F)(F)F)c(F)c3)CC2)CC1. The molecule has 0 atom stereocenters. The van der Waals surface area contributed by atoms with E-state index >= 15 is 0 Å². The number of unbranched alkanes of at least 4 members (excludes halogenated alkanes) is 3. The van der Waals surface area contributed by atoms with Crippen LogP contribution in [-0.2, 0) is 6.18 Å². The Morgan fingerprint density at radius 3 is 1.81 bits per heavy atom. The van der Waals surface area contributed by atoms with Crippen molar-refractivity contribution < 1.29 is 22.0 Å². The third-order valence-corrected chi connectivity index (χ3v) is 7.60. The Labute approximate surface area is 189 Å². The van der Waals surface area contributed by atoms with Crippen LogP contribution in [0.5, 0.6) is 0 Å². The van der Waals surface area contributed by atoms with Gasteiger partial charge in [-0.3, -0.25) is 0 Å². The zero-order valence-corrected chi connectivity index (χ0v) is 19.2. The molecule has 2 fully saturated rings. The molecule has 0 bridgehead atoms. The number of allylic oxidation sites excluding steroid dienone is 2. The van der Waals surface area contributed by atoms with Crippen molar-refractivity contribution in [3.05, 3.63) is 47.0 Å². The maximum atomic E-state index is 13.9. The largest absolute Gasteiger partial charge is 0.422 e. The van der Waals surface area contributed by atoms with Crippen molar-refractivity contribution in [2.75, 3.05) is 0 Å². The van der Waals surface area contributed by atoms with Crippen LogP contribution in [0.3, 0.4) is 0 Å². The molecule has 0 nitrogen and oxygen atoms in total. The van der Waals surface area contributed by atoms with Crippen LogP contribution < -0.4 is 0 Å². The quantitative estimate of drug-likeness (QED) is 0.207. The van der Waals surface area contributed by atoms with Gasteiger partial charge in [0.2, 0.25) is 0 Å². The van der Waals surface area contributed by atoms with Crippen molar-refractivity contribution in [1.29, 1.82) is 0 Å². The Bertz CT molecular complexity index is 712. The van der Waals surface area contributed by atoms with Gasteiger partial charge in [-0.1, -0.05) is 51.2 Å². The molecule has 0 unspecified atom stereocenters. The van der Waals surface area contributed by atoms with Gasteiger partial charge in [0, 0.05) is 0 Å². The summed E-state index contributed by atoms with van der Waals surface area (Å²) in [5.41, 5.74) is -1.43. The molecule has 3 rings (SSSR count). The lowest BCUT2D eigenvalue weighted by Gasteiger charge is -2.29. The third kappa shape index (κ3) is 7.05. The first-order valence-electron chi connectivity index (χ1n) is 12.5. The summed E-state index contributed by atoms with van der Waals surface area (Å²) in [4.78, 5) is 0. The Kier molecular flexibility index (Phi) is 9.19. The number of alkyl halides is 3. The first-order chi connectivity index (χ1) is 15.3. The average Bonchev–Trinajstić information content (AvgIpc) is 2.75. The Hall–Kier alpha value is -1.39. The Morgan fingerprint density at radius 1 is 0.781 bits per heavy atom. The highest BCUT2D eigenvalue weighted by atomic mass is 19.4. The van der Waals surface area contributed by atoms with E-state index in [4.69, 9.17) is 0 Å². The van der Waals surface area contributed by atoms with Crippen molar-refractivity contribution in [3.8, 4) is 0 Å². The molecule has 0 amide bonds. The fraction of sp³-hybridized carbons (Fsp3) is 0.704. The highest BCUT2D eigenvalue weighted by molar-refractivity contribution is 5.31. The van der Waals surface area contributed by atoms with Crippen LogP contribution >= 0.6 is 0 Å². The van der Waals surface area contributed by atoms with Gasteiger partial charge in [0.1, 0.15) is 17.2 Å². The van der Waals surface area contributed by atoms with E-state index < -0.39 is 23.4 Å². The summed E-state index contributed by atoms with van der Waals surface area (Å²) >= 11 is 0. The van der Waals surface area contributed by atoms with Gasteiger partial charge >= 0.3 is 6.18 Å². The van der Waals surface area contributed by atoms with Crippen molar-refractivity contribution in [2.24, 2.45) is 17.8 Å². The molecule has 0 spiro atoms. The second-order valence-corrected chi connectivity index (χ2v) is 9.98. The van der Waals surface area contributed by atoms with Crippen LogP contribution in [0.2, 0.25) is 0 Å². The number of rotatable bonds is 8. The number of halogens is 5. The van der Waals surface area contributed by atoms with Gasteiger partial charge in [0.15, 0.2) is 0 Å². The minimum atomic E-state index is -5.01. The van der Waals surface area contributed by atoms with E-state index in [9.17, 15) is 22.0 Å². The summed E-state index contributed by atoms with van der Waals surface area (Å²) < 4.78 is 66.2. The summed E-state index contributed by atoms with van der Waals surface area (Å²) in [6, 6.07) is 1.76. The lowest BCUT2D eigenvalue weighted by atomic mass is 9.76. The summed E-state index contributed by atoms with van der Waals surface area (Å²) in [7, 11) is 0. The summed E-state index contributed by atoms with van der Waals surface area (Å²) in [5, 5.41) is 0. The molecule has 32 heavy (non-hydrogen) atoms. The van der Waals surface area contributed by atoms with Gasteiger partial charge in [0.05, 0.1) is 0 Å². The maximum absolute atomic E-state index is 13.9. The molecule has 180 valence electrons. The van der Waals surface area contributed by atoms with Crippen molar-refractivity contribution >= 4 is 0 Å². The molecular formula is C27H37F5. The van der Waals surface area contributed by atoms with Crippen molar-refractivity contribution in [2.45, 2.75) is 102 Å². The topological polar surface area (TPSA) is 0 Å². The van der Waals surface area contributed by atoms with E-state index in [0.29, 0.717) is 17.4 Å². The van der Waals surface area contributed by atoms with Crippen molar-refractivity contribution in [1.82, 2.24) is 0 Å². The van der Waals surface area contributed by atoms with Gasteiger partial charge in [-0.25, -0.2) is 8.78 Å². The zero-order valence-electron chi connectivity index (χ0n) is 19.2. The van der Waals surface area contributed by atoms with Crippen molar-refractivity contribution in [3.63, 3.8) is 0 Å². The third-order valence-electron chi connectivity index (χ3n) is 7.60. The molecule has 0 saturated heterocycles. The second kappa shape index (κ2) is 11.7. The summed E-state index contributed by atoms with van der Waals surface area (Å²) in [6.07, 6.45) is 15.0. The lowest BCUT2D eigenvalue weighted by Crippen LogP contribution is -2.16. The summed E-state index contributed by atoms with van der Waals surface area (Å²) in [5.74, 6) is -1.06. The fourth-order valence-electron chi connectivity index (χ4n) is 5.59. The van der Waals surface area contributed by atoms with E-state index in [2.05, 4.69) is 19.1 Å². The van der Waals surface area contributed by atoms with Crippen LogP contribution in [0.25, 0.3) is 0 Å². The average molecular weight is 457 g/mol. The molecule has 5 heteroatoms. The molecule has 0 N–H and O–H groups in total. The first-order valence-corrected chi connectivity index (χ1v) is 12.5. The van der Waals surface area contributed by atoms with Gasteiger partial charge in [-0.2, -0.15) is 13.2 Å². The molecule has 2 saturated carbocycles. The highest BCUT2D eigenvalue weighted by Crippen LogP contribution is 2.40. The van der Waals surface area contributed by atoms with E-state index in [-0.39, 0.29) is 5.92 Å². The number of hydrogen-bond donors (Lipinski definition) is 0. The Morgan fingerprint density at radius 2 is 1.31 bits per heavy atom. The standard InChI is InChI=1S/C27H37F5/c1-2-3-4-5-6-19-7-9-20(10-8-19)11-12-21-13-15-22(16-14-21)23-17-24(28)26(25(29)18-23)27(30,31)32/h11-12,17-22H,2-10,13-16H2,1H3. The molecule has 2 aliphatic carbocycles. The predicted octanol–water partition coefficient (Wildman–Crippen LogP) is 9.59. The van der Waals surface area contributed by atoms with Crippen LogP contribution in [0.15, 0.2) is 24.3 Å². The number of hydrogen-bond acceptors (Lipinski definition) is 0. The molecule has 1 aromatic rings. The van der Waals surface area contributed by atoms with Gasteiger partial charge in [-0.05, 0) is 92.7 Å². The minimum Gasteiger partial charge on any atom is -0.206 e. The van der Waals surface area contributed by atoms with Gasteiger partial charge < -0.3 is 0 Å². The molecular weight excluding hydrogens is 419 g/mol. The predicted molar refractivity (Wildman–Crippen MR) is 119 cm³/mol. The van der Waals surface area contributed by atoms with E-state index in [0.717, 1.165) is 43.7 Å². The monoisotopic (exact) mass is 456 g/mol.